The number of benzene rings is 1. The van der Waals surface area contributed by atoms with Crippen molar-refractivity contribution >= 4 is 43.5 Å². The number of ether oxygens (including phenoxy) is 1. The van der Waals surface area contributed by atoms with E-state index in [-0.39, 0.29) is 18.6 Å². The van der Waals surface area contributed by atoms with Crippen LogP contribution in [0.2, 0.25) is 0 Å². The maximum atomic E-state index is 12.6. The van der Waals surface area contributed by atoms with Crippen molar-refractivity contribution in [3.05, 3.63) is 42.1 Å². The van der Waals surface area contributed by atoms with Crippen molar-refractivity contribution in [2.75, 3.05) is 13.1 Å². The van der Waals surface area contributed by atoms with Gasteiger partial charge in [0.2, 0.25) is 5.91 Å². The molecule has 1 fully saturated rings. The van der Waals surface area contributed by atoms with Crippen LogP contribution in [0.5, 0.6) is 0 Å². The zero-order valence-corrected chi connectivity index (χ0v) is 17.3. The largest absolute Gasteiger partial charge is 0.444 e. The summed E-state index contributed by atoms with van der Waals surface area (Å²) < 4.78 is 6.18. The fraction of sp³-hybridized carbons (Fsp3) is 0.400. The SMILES string of the molecule is O=C(NCC1CC(Br)=NO1)[C@@H]1CCCN1C(=O)OCc1cnc2ccccc2c1. The monoisotopic (exact) mass is 460 g/mol. The zero-order chi connectivity index (χ0) is 20.2. The molecule has 2 aromatic rings. The number of fused-ring (bicyclic) bond motifs is 1. The van der Waals surface area contributed by atoms with Crippen molar-refractivity contribution in [2.45, 2.75) is 38.0 Å². The fourth-order valence-corrected chi connectivity index (χ4v) is 3.96. The number of halogens is 1. The number of para-hydroxylation sites is 1. The van der Waals surface area contributed by atoms with Crippen molar-refractivity contribution in [1.82, 2.24) is 15.2 Å². The van der Waals surface area contributed by atoms with Gasteiger partial charge in [-0.3, -0.25) is 14.7 Å². The smallest absolute Gasteiger partial charge is 0.410 e. The summed E-state index contributed by atoms with van der Waals surface area (Å²) in [7, 11) is 0. The van der Waals surface area contributed by atoms with E-state index < -0.39 is 12.1 Å². The van der Waals surface area contributed by atoms with Crippen molar-refractivity contribution in [2.24, 2.45) is 5.16 Å². The Hall–Kier alpha value is -2.68. The maximum absolute atomic E-state index is 12.6. The predicted octanol–water partition coefficient (Wildman–Crippen LogP) is 2.95. The topological polar surface area (TPSA) is 93.1 Å². The minimum Gasteiger partial charge on any atom is -0.444 e. The highest BCUT2D eigenvalue weighted by Gasteiger charge is 2.35. The Morgan fingerprint density at radius 2 is 2.21 bits per heavy atom. The molecule has 1 unspecified atom stereocenters. The van der Waals surface area contributed by atoms with Gasteiger partial charge in [-0.15, -0.1) is 0 Å². The number of likely N-dealkylation sites (tertiary alicyclic amines) is 1. The molecule has 4 rings (SSSR count). The summed E-state index contributed by atoms with van der Waals surface area (Å²) in [6.07, 6.45) is 3.03. The van der Waals surface area contributed by atoms with Crippen LogP contribution < -0.4 is 5.32 Å². The van der Waals surface area contributed by atoms with Gasteiger partial charge in [-0.25, -0.2) is 4.79 Å². The number of nitrogens with zero attached hydrogens (tertiary/aromatic N) is 3. The molecule has 2 amide bonds. The lowest BCUT2D eigenvalue weighted by molar-refractivity contribution is -0.125. The average Bonchev–Trinajstić information content (AvgIpc) is 3.39. The van der Waals surface area contributed by atoms with E-state index in [0.29, 0.717) is 25.9 Å². The standard InChI is InChI=1S/C20H21BrN4O4/c21-18-9-15(29-24-18)11-23-19(26)17-6-3-7-25(17)20(27)28-12-13-8-14-4-1-2-5-16(14)22-10-13/h1-2,4-5,8,10,15,17H,3,6-7,9,11-12H2,(H,23,26)/t15?,17-/m0/s1. The van der Waals surface area contributed by atoms with Crippen molar-refractivity contribution in [3.63, 3.8) is 0 Å². The molecule has 29 heavy (non-hydrogen) atoms. The normalized spacial score (nSPS) is 21.0. The Kier molecular flexibility index (Phi) is 5.94. The number of oxime groups is 1. The molecule has 152 valence electrons. The van der Waals surface area contributed by atoms with Crippen LogP contribution in [-0.4, -0.2) is 51.7 Å². The summed E-state index contributed by atoms with van der Waals surface area (Å²) in [5.41, 5.74) is 1.70. The molecule has 1 aromatic heterocycles. The molecule has 9 heteroatoms. The molecule has 2 atom stereocenters. The predicted molar refractivity (Wildman–Crippen MR) is 111 cm³/mol. The lowest BCUT2D eigenvalue weighted by atomic mass is 10.2. The Morgan fingerprint density at radius 1 is 1.34 bits per heavy atom. The van der Waals surface area contributed by atoms with E-state index >= 15 is 0 Å². The van der Waals surface area contributed by atoms with E-state index in [1.165, 1.54) is 4.90 Å². The van der Waals surface area contributed by atoms with Crippen LogP contribution in [0.1, 0.15) is 24.8 Å². The number of hydrogen-bond donors (Lipinski definition) is 1. The van der Waals surface area contributed by atoms with Gasteiger partial charge in [0.1, 0.15) is 17.3 Å². The third-order valence-corrected chi connectivity index (χ3v) is 5.47. The fourth-order valence-electron chi connectivity index (χ4n) is 3.52. The summed E-state index contributed by atoms with van der Waals surface area (Å²) >= 11 is 3.27. The number of pyridine rings is 1. The molecular weight excluding hydrogens is 440 g/mol. The van der Waals surface area contributed by atoms with Gasteiger partial charge in [-0.2, -0.15) is 0 Å². The molecule has 0 bridgehead atoms. The maximum Gasteiger partial charge on any atom is 0.410 e. The number of nitrogens with one attached hydrogen (secondary N) is 1. The van der Waals surface area contributed by atoms with Crippen LogP contribution in [0.4, 0.5) is 4.79 Å². The minimum atomic E-state index is -0.525. The molecule has 2 aliphatic rings. The second-order valence-corrected chi connectivity index (χ2v) is 8.00. The van der Waals surface area contributed by atoms with Crippen LogP contribution in [0.3, 0.4) is 0 Å². The second kappa shape index (κ2) is 8.77. The lowest BCUT2D eigenvalue weighted by Crippen LogP contribution is -2.47. The van der Waals surface area contributed by atoms with Gasteiger partial charge in [0.05, 0.1) is 12.1 Å². The minimum absolute atomic E-state index is 0.114. The highest BCUT2D eigenvalue weighted by molar-refractivity contribution is 9.18. The van der Waals surface area contributed by atoms with Gasteiger partial charge in [0, 0.05) is 30.1 Å². The van der Waals surface area contributed by atoms with E-state index in [2.05, 4.69) is 31.4 Å². The molecule has 1 aromatic carbocycles. The molecule has 0 spiro atoms. The van der Waals surface area contributed by atoms with E-state index in [4.69, 9.17) is 9.57 Å². The molecule has 1 N–H and O–H groups in total. The van der Waals surface area contributed by atoms with Crippen LogP contribution in [0, 0.1) is 0 Å². The molecule has 3 heterocycles. The summed E-state index contributed by atoms with van der Waals surface area (Å²) in [6, 6.07) is 9.19. The molecular formula is C20H21BrN4O4. The van der Waals surface area contributed by atoms with Gasteiger partial charge in [0.25, 0.3) is 0 Å². The molecule has 0 aliphatic carbocycles. The Balaban J connectivity index is 1.30. The first kappa shape index (κ1) is 19.6. The lowest BCUT2D eigenvalue weighted by Gasteiger charge is -2.23. The van der Waals surface area contributed by atoms with Crippen LogP contribution in [-0.2, 0) is 21.0 Å². The quantitative estimate of drug-likeness (QED) is 0.739. The van der Waals surface area contributed by atoms with E-state index in [1.807, 2.05) is 30.3 Å². The van der Waals surface area contributed by atoms with Crippen molar-refractivity contribution in [3.8, 4) is 0 Å². The summed E-state index contributed by atoms with van der Waals surface area (Å²) in [4.78, 5) is 36.1. The Bertz CT molecular complexity index is 951. The van der Waals surface area contributed by atoms with E-state index in [1.54, 1.807) is 6.20 Å². The number of carbonyl (C=O) groups is 2. The number of amides is 2. The molecule has 0 saturated carbocycles. The molecule has 8 nitrogen and oxygen atoms in total. The number of carbonyl (C=O) groups excluding carboxylic acids is 2. The first-order chi connectivity index (χ1) is 14.1. The van der Waals surface area contributed by atoms with Crippen LogP contribution >= 0.6 is 15.9 Å². The molecule has 2 aliphatic heterocycles. The molecule has 1 saturated heterocycles. The van der Waals surface area contributed by atoms with E-state index in [9.17, 15) is 9.59 Å². The van der Waals surface area contributed by atoms with Gasteiger partial charge >= 0.3 is 6.09 Å². The summed E-state index contributed by atoms with van der Waals surface area (Å²) in [6.45, 7) is 0.962. The third-order valence-electron chi connectivity index (χ3n) is 5.00. The first-order valence-electron chi connectivity index (χ1n) is 9.53. The van der Waals surface area contributed by atoms with Gasteiger partial charge in [-0.05, 0) is 40.9 Å². The number of aromatic nitrogens is 1. The zero-order valence-electron chi connectivity index (χ0n) is 15.7. The van der Waals surface area contributed by atoms with Crippen LogP contribution in [0.15, 0.2) is 41.7 Å². The number of hydrogen-bond acceptors (Lipinski definition) is 6. The Morgan fingerprint density at radius 3 is 3.03 bits per heavy atom. The highest BCUT2D eigenvalue weighted by Crippen LogP contribution is 2.20. The van der Waals surface area contributed by atoms with Crippen molar-refractivity contribution in [1.29, 1.82) is 0 Å². The summed E-state index contributed by atoms with van der Waals surface area (Å²) in [5, 5.41) is 7.64. The second-order valence-electron chi connectivity index (χ2n) is 7.09. The molecule has 0 radical (unpaired) electrons. The highest BCUT2D eigenvalue weighted by atomic mass is 79.9. The van der Waals surface area contributed by atoms with Gasteiger partial charge < -0.3 is 14.9 Å². The third kappa shape index (κ3) is 4.67. The van der Waals surface area contributed by atoms with Crippen molar-refractivity contribution < 1.29 is 19.2 Å². The Labute approximate surface area is 176 Å². The average molecular weight is 461 g/mol. The van der Waals surface area contributed by atoms with Gasteiger partial charge in [-0.1, -0.05) is 23.4 Å². The first-order valence-corrected chi connectivity index (χ1v) is 10.3. The number of rotatable bonds is 5. The van der Waals surface area contributed by atoms with E-state index in [0.717, 1.165) is 27.5 Å². The van der Waals surface area contributed by atoms with Crippen LogP contribution in [0.25, 0.3) is 10.9 Å². The summed E-state index contributed by atoms with van der Waals surface area (Å²) in [5.74, 6) is -0.196. The van der Waals surface area contributed by atoms with Gasteiger partial charge in [0.15, 0.2) is 6.10 Å².